The maximum absolute atomic E-state index is 5.86. The van der Waals surface area contributed by atoms with Crippen molar-refractivity contribution in [2.45, 2.75) is 0 Å². The highest BCUT2D eigenvalue weighted by molar-refractivity contribution is 6.32. The molecule has 0 unspecified atom stereocenters. The van der Waals surface area contributed by atoms with Crippen LogP contribution in [-0.4, -0.2) is 13.7 Å². The van der Waals surface area contributed by atoms with E-state index in [0.29, 0.717) is 22.3 Å². The van der Waals surface area contributed by atoms with Gasteiger partial charge in [0.2, 0.25) is 0 Å². The van der Waals surface area contributed by atoms with E-state index in [1.165, 1.54) is 0 Å². The topological polar surface area (TPSA) is 21.3 Å². The summed E-state index contributed by atoms with van der Waals surface area (Å²) in [4.78, 5) is 0. The fourth-order valence-corrected chi connectivity index (χ4v) is 1.23. The third kappa shape index (κ3) is 3.13. The van der Waals surface area contributed by atoms with E-state index in [1.807, 2.05) is 12.1 Å². The van der Waals surface area contributed by atoms with Gasteiger partial charge in [-0.3, -0.25) is 0 Å². The van der Waals surface area contributed by atoms with Crippen molar-refractivity contribution in [1.29, 1.82) is 0 Å². The lowest BCUT2D eigenvalue weighted by Crippen LogP contribution is -2.00. The van der Waals surface area contributed by atoms with Crippen LogP contribution in [0, 0.1) is 0 Å². The highest BCUT2D eigenvalue weighted by Gasteiger charge is 2.01. The summed E-state index contributed by atoms with van der Waals surface area (Å²) in [5.41, 5.74) is 0.896. The molecule has 0 heterocycles. The summed E-state index contributed by atoms with van der Waals surface area (Å²) in [6, 6.07) is 5.42. The molecule has 1 rings (SSSR count). The molecule has 1 aromatic carbocycles. The molecule has 0 spiro atoms. The Balaban J connectivity index is 2.74. The summed E-state index contributed by atoms with van der Waals surface area (Å²) in [6.07, 6.45) is 0. The standard InChI is InChI=1S/C10H11Cl2NO/c1-7(11)6-13-8-3-4-9(12)10(5-8)14-2/h3-5,13H,1,6H2,2H3. The van der Waals surface area contributed by atoms with E-state index < -0.39 is 0 Å². The number of nitrogens with one attached hydrogen (secondary N) is 1. The summed E-state index contributed by atoms with van der Waals surface area (Å²) in [5.74, 6) is 0.636. The van der Waals surface area contributed by atoms with Gasteiger partial charge in [0.15, 0.2) is 0 Å². The number of hydrogen-bond acceptors (Lipinski definition) is 2. The Morgan fingerprint density at radius 2 is 2.29 bits per heavy atom. The summed E-state index contributed by atoms with van der Waals surface area (Å²) in [7, 11) is 1.57. The molecule has 0 atom stereocenters. The van der Waals surface area contributed by atoms with Gasteiger partial charge in [-0.25, -0.2) is 0 Å². The van der Waals surface area contributed by atoms with Crippen molar-refractivity contribution in [3.8, 4) is 5.75 Å². The number of rotatable bonds is 4. The highest BCUT2D eigenvalue weighted by atomic mass is 35.5. The van der Waals surface area contributed by atoms with Gasteiger partial charge >= 0.3 is 0 Å². The minimum atomic E-state index is 0.520. The predicted molar refractivity (Wildman–Crippen MR) is 61.5 cm³/mol. The van der Waals surface area contributed by atoms with Gasteiger partial charge in [-0.2, -0.15) is 0 Å². The number of halogens is 2. The maximum atomic E-state index is 5.86. The largest absolute Gasteiger partial charge is 0.495 e. The van der Waals surface area contributed by atoms with Gasteiger partial charge in [0.1, 0.15) is 5.75 Å². The Kier molecular flexibility index (Phi) is 4.11. The second-order valence-corrected chi connectivity index (χ2v) is 3.66. The molecule has 2 nitrogen and oxygen atoms in total. The van der Waals surface area contributed by atoms with Crippen molar-refractivity contribution in [2.75, 3.05) is 19.0 Å². The molecule has 1 aromatic rings. The van der Waals surface area contributed by atoms with Crippen LogP contribution in [0.3, 0.4) is 0 Å². The number of methoxy groups -OCH3 is 1. The Hall–Kier alpha value is -0.860. The normalized spacial score (nSPS) is 9.64. The molecular formula is C10H11Cl2NO. The maximum Gasteiger partial charge on any atom is 0.139 e. The third-order valence-electron chi connectivity index (χ3n) is 1.64. The van der Waals surface area contributed by atoms with Crippen molar-refractivity contribution in [3.63, 3.8) is 0 Å². The van der Waals surface area contributed by atoms with Crippen LogP contribution in [0.15, 0.2) is 29.8 Å². The molecule has 76 valence electrons. The lowest BCUT2D eigenvalue weighted by atomic mass is 10.3. The number of ether oxygens (including phenoxy) is 1. The van der Waals surface area contributed by atoms with E-state index in [0.717, 1.165) is 5.69 Å². The van der Waals surface area contributed by atoms with Crippen molar-refractivity contribution >= 4 is 28.9 Å². The Morgan fingerprint density at radius 1 is 1.57 bits per heavy atom. The van der Waals surface area contributed by atoms with Gasteiger partial charge in [0.05, 0.1) is 18.7 Å². The molecule has 0 aliphatic heterocycles. The average Bonchev–Trinajstić information content (AvgIpc) is 2.16. The van der Waals surface area contributed by atoms with Crippen LogP contribution in [0.4, 0.5) is 5.69 Å². The van der Waals surface area contributed by atoms with Gasteiger partial charge in [0, 0.05) is 16.8 Å². The zero-order valence-electron chi connectivity index (χ0n) is 7.81. The first-order valence-electron chi connectivity index (χ1n) is 4.04. The number of anilines is 1. The highest BCUT2D eigenvalue weighted by Crippen LogP contribution is 2.27. The molecule has 0 aliphatic carbocycles. The lowest BCUT2D eigenvalue weighted by Gasteiger charge is -2.08. The molecule has 14 heavy (non-hydrogen) atoms. The summed E-state index contributed by atoms with van der Waals surface area (Å²) >= 11 is 11.5. The molecule has 1 N–H and O–H groups in total. The monoisotopic (exact) mass is 231 g/mol. The van der Waals surface area contributed by atoms with Crippen molar-refractivity contribution in [3.05, 3.63) is 34.8 Å². The lowest BCUT2D eigenvalue weighted by molar-refractivity contribution is 0.415. The van der Waals surface area contributed by atoms with E-state index in [4.69, 9.17) is 27.9 Å². The SMILES string of the molecule is C=C(Cl)CNc1ccc(Cl)c(OC)c1. The van der Waals surface area contributed by atoms with Crippen LogP contribution in [-0.2, 0) is 0 Å². The van der Waals surface area contributed by atoms with Gasteiger partial charge in [-0.1, -0.05) is 29.8 Å². The molecule has 0 amide bonds. The molecular weight excluding hydrogens is 221 g/mol. The van der Waals surface area contributed by atoms with E-state index in [2.05, 4.69) is 11.9 Å². The van der Waals surface area contributed by atoms with E-state index in [1.54, 1.807) is 13.2 Å². The average molecular weight is 232 g/mol. The first-order valence-corrected chi connectivity index (χ1v) is 4.79. The second-order valence-electron chi connectivity index (χ2n) is 2.72. The number of hydrogen-bond donors (Lipinski definition) is 1. The fraction of sp³-hybridized carbons (Fsp3) is 0.200. The molecule has 0 fully saturated rings. The van der Waals surface area contributed by atoms with Crippen LogP contribution in [0.2, 0.25) is 5.02 Å². The molecule has 0 bridgehead atoms. The Morgan fingerprint density at radius 3 is 2.86 bits per heavy atom. The van der Waals surface area contributed by atoms with E-state index >= 15 is 0 Å². The molecule has 0 saturated carbocycles. The Labute approximate surface area is 93.5 Å². The zero-order valence-corrected chi connectivity index (χ0v) is 9.32. The molecule has 0 saturated heterocycles. The third-order valence-corrected chi connectivity index (χ3v) is 2.08. The van der Waals surface area contributed by atoms with Gasteiger partial charge in [-0.15, -0.1) is 0 Å². The smallest absolute Gasteiger partial charge is 0.139 e. The molecule has 0 aliphatic rings. The predicted octanol–water partition coefficient (Wildman–Crippen LogP) is 3.51. The van der Waals surface area contributed by atoms with Gasteiger partial charge in [-0.05, 0) is 12.1 Å². The minimum Gasteiger partial charge on any atom is -0.495 e. The first-order chi connectivity index (χ1) is 6.63. The van der Waals surface area contributed by atoms with Crippen LogP contribution in [0.5, 0.6) is 5.75 Å². The van der Waals surface area contributed by atoms with Crippen LogP contribution >= 0.6 is 23.2 Å². The Bertz CT molecular complexity index is 339. The molecule has 4 heteroatoms. The number of benzene rings is 1. The fourth-order valence-electron chi connectivity index (χ4n) is 0.968. The van der Waals surface area contributed by atoms with Crippen molar-refractivity contribution in [1.82, 2.24) is 0 Å². The van der Waals surface area contributed by atoms with Crippen LogP contribution in [0.25, 0.3) is 0 Å². The van der Waals surface area contributed by atoms with Crippen LogP contribution < -0.4 is 10.1 Å². The quantitative estimate of drug-likeness (QED) is 0.857. The van der Waals surface area contributed by atoms with Crippen molar-refractivity contribution in [2.24, 2.45) is 0 Å². The zero-order chi connectivity index (χ0) is 10.6. The van der Waals surface area contributed by atoms with Crippen LogP contribution in [0.1, 0.15) is 0 Å². The van der Waals surface area contributed by atoms with Gasteiger partial charge in [0.25, 0.3) is 0 Å². The second kappa shape index (κ2) is 5.13. The molecule has 0 aromatic heterocycles. The molecule has 0 radical (unpaired) electrons. The summed E-state index contributed by atoms with van der Waals surface area (Å²) in [5, 5.41) is 4.22. The first kappa shape index (κ1) is 11.2. The minimum absolute atomic E-state index is 0.520. The van der Waals surface area contributed by atoms with Gasteiger partial charge < -0.3 is 10.1 Å². The van der Waals surface area contributed by atoms with E-state index in [-0.39, 0.29) is 0 Å². The van der Waals surface area contributed by atoms with Crippen molar-refractivity contribution < 1.29 is 4.74 Å². The van der Waals surface area contributed by atoms with E-state index in [9.17, 15) is 0 Å². The summed E-state index contributed by atoms with van der Waals surface area (Å²) in [6.45, 7) is 4.10. The summed E-state index contributed by atoms with van der Waals surface area (Å²) < 4.78 is 5.07.